The molecular weight excluding hydrogens is 313 g/mol. The van der Waals surface area contributed by atoms with Crippen LogP contribution in [0.4, 0.5) is 21.9 Å². The van der Waals surface area contributed by atoms with Crippen LogP contribution in [0.2, 0.25) is 10.0 Å². The molecule has 0 saturated carbocycles. The lowest BCUT2D eigenvalue weighted by atomic mass is 10.2. The maximum atomic E-state index is 12.0. The second-order valence-electron chi connectivity index (χ2n) is 4.20. The first-order valence-electron chi connectivity index (χ1n) is 5.95. The van der Waals surface area contributed by atoms with E-state index >= 15 is 0 Å². The Labute approximate surface area is 132 Å². The summed E-state index contributed by atoms with van der Waals surface area (Å²) in [5.74, 6) is 0.467. The molecule has 4 N–H and O–H groups in total. The fourth-order valence-electron chi connectivity index (χ4n) is 1.72. The van der Waals surface area contributed by atoms with E-state index in [1.165, 1.54) is 7.11 Å². The summed E-state index contributed by atoms with van der Waals surface area (Å²) in [6.45, 7) is 0. The molecule has 0 spiro atoms. The third-order valence-corrected chi connectivity index (χ3v) is 3.03. The summed E-state index contributed by atoms with van der Waals surface area (Å²) in [5, 5.41) is 6.16. The van der Waals surface area contributed by atoms with Crippen molar-refractivity contribution in [2.75, 3.05) is 23.5 Å². The van der Waals surface area contributed by atoms with E-state index in [1.807, 2.05) is 0 Å². The lowest BCUT2D eigenvalue weighted by molar-refractivity contribution is 0.262. The van der Waals surface area contributed by atoms with Crippen LogP contribution in [0.5, 0.6) is 5.75 Å². The molecule has 0 radical (unpaired) electrons. The molecule has 0 aliphatic rings. The van der Waals surface area contributed by atoms with E-state index in [0.29, 0.717) is 32.9 Å². The Bertz CT molecular complexity index is 657. The zero-order valence-corrected chi connectivity index (χ0v) is 12.6. The van der Waals surface area contributed by atoms with Crippen LogP contribution in [0.15, 0.2) is 36.4 Å². The van der Waals surface area contributed by atoms with Gasteiger partial charge in [0.25, 0.3) is 0 Å². The van der Waals surface area contributed by atoms with E-state index in [2.05, 4.69) is 10.6 Å². The number of ether oxygens (including phenoxy) is 1. The number of methoxy groups -OCH3 is 1. The van der Waals surface area contributed by atoms with Gasteiger partial charge in [-0.15, -0.1) is 0 Å². The predicted octanol–water partition coefficient (Wildman–Crippen LogP) is 4.23. The second-order valence-corrected chi connectivity index (χ2v) is 5.07. The van der Waals surface area contributed by atoms with Gasteiger partial charge in [-0.1, -0.05) is 23.2 Å². The molecule has 0 aromatic heterocycles. The van der Waals surface area contributed by atoms with Gasteiger partial charge in [0.1, 0.15) is 5.75 Å². The third-order valence-electron chi connectivity index (χ3n) is 2.59. The zero-order valence-electron chi connectivity index (χ0n) is 11.1. The Morgan fingerprint density at radius 1 is 1.10 bits per heavy atom. The fraction of sp³-hybridized carbons (Fsp3) is 0.0714. The van der Waals surface area contributed by atoms with Gasteiger partial charge in [0.05, 0.1) is 12.8 Å². The molecule has 7 heteroatoms. The minimum atomic E-state index is -0.448. The number of hydrogen-bond acceptors (Lipinski definition) is 3. The van der Waals surface area contributed by atoms with Gasteiger partial charge in [-0.2, -0.15) is 0 Å². The summed E-state index contributed by atoms with van der Waals surface area (Å²) in [6.07, 6.45) is 0. The molecule has 0 bridgehead atoms. The first-order valence-corrected chi connectivity index (χ1v) is 6.71. The molecule has 2 aromatic carbocycles. The molecular formula is C14H13Cl2N3O2. The largest absolute Gasteiger partial charge is 0.494 e. The van der Waals surface area contributed by atoms with Gasteiger partial charge in [0.15, 0.2) is 0 Å². The van der Waals surface area contributed by atoms with E-state index in [4.69, 9.17) is 33.7 Å². The number of nitrogens with one attached hydrogen (secondary N) is 2. The Morgan fingerprint density at radius 3 is 2.38 bits per heavy atom. The van der Waals surface area contributed by atoms with Gasteiger partial charge < -0.3 is 21.1 Å². The minimum Gasteiger partial charge on any atom is -0.494 e. The Hall–Kier alpha value is -2.11. The summed E-state index contributed by atoms with van der Waals surface area (Å²) in [4.78, 5) is 12.0. The monoisotopic (exact) mass is 325 g/mol. The van der Waals surface area contributed by atoms with Crippen LogP contribution in [0, 0.1) is 0 Å². The summed E-state index contributed by atoms with van der Waals surface area (Å²) < 4.78 is 5.15. The average molecular weight is 326 g/mol. The minimum absolute atomic E-state index is 0.433. The maximum absolute atomic E-state index is 12.0. The van der Waals surface area contributed by atoms with Crippen LogP contribution in [0.3, 0.4) is 0 Å². The molecule has 2 rings (SSSR count). The number of carbonyl (C=O) groups is 1. The summed E-state index contributed by atoms with van der Waals surface area (Å²) >= 11 is 11.7. The van der Waals surface area contributed by atoms with Gasteiger partial charge in [-0.05, 0) is 30.3 Å². The molecule has 21 heavy (non-hydrogen) atoms. The highest BCUT2D eigenvalue weighted by atomic mass is 35.5. The SMILES string of the molecule is COc1cc(N)ccc1NC(=O)Nc1cc(Cl)cc(Cl)c1. The smallest absolute Gasteiger partial charge is 0.323 e. The van der Waals surface area contributed by atoms with Gasteiger partial charge in [-0.25, -0.2) is 4.79 Å². The molecule has 0 heterocycles. The van der Waals surface area contributed by atoms with Gasteiger partial charge in [0, 0.05) is 27.5 Å². The van der Waals surface area contributed by atoms with Crippen molar-refractivity contribution >= 4 is 46.3 Å². The summed E-state index contributed by atoms with van der Waals surface area (Å²) in [6, 6.07) is 9.24. The van der Waals surface area contributed by atoms with Crippen molar-refractivity contribution in [2.24, 2.45) is 0 Å². The number of amides is 2. The van der Waals surface area contributed by atoms with Crippen molar-refractivity contribution in [3.05, 3.63) is 46.4 Å². The van der Waals surface area contributed by atoms with Crippen molar-refractivity contribution in [1.82, 2.24) is 0 Å². The highest BCUT2D eigenvalue weighted by Gasteiger charge is 2.08. The van der Waals surface area contributed by atoms with Crippen molar-refractivity contribution in [2.45, 2.75) is 0 Å². The molecule has 0 fully saturated rings. The van der Waals surface area contributed by atoms with E-state index in [0.717, 1.165) is 0 Å². The number of benzene rings is 2. The van der Waals surface area contributed by atoms with Crippen LogP contribution in [-0.4, -0.2) is 13.1 Å². The van der Waals surface area contributed by atoms with Crippen molar-refractivity contribution < 1.29 is 9.53 Å². The number of urea groups is 1. The molecule has 2 amide bonds. The normalized spacial score (nSPS) is 10.0. The molecule has 5 nitrogen and oxygen atoms in total. The lowest BCUT2D eigenvalue weighted by Crippen LogP contribution is -2.19. The van der Waals surface area contributed by atoms with Crippen molar-refractivity contribution in [3.8, 4) is 5.75 Å². The third kappa shape index (κ3) is 4.18. The molecule has 0 unspecified atom stereocenters. The van der Waals surface area contributed by atoms with Crippen LogP contribution in [-0.2, 0) is 0 Å². The molecule has 110 valence electrons. The number of nitrogens with two attached hydrogens (primary N) is 1. The molecule has 0 aliphatic carbocycles. The van der Waals surface area contributed by atoms with E-state index in [1.54, 1.807) is 36.4 Å². The molecule has 0 aliphatic heterocycles. The van der Waals surface area contributed by atoms with Crippen molar-refractivity contribution in [3.63, 3.8) is 0 Å². The second kappa shape index (κ2) is 6.56. The standard InChI is InChI=1S/C14H13Cl2N3O2/c1-21-13-7-10(17)2-3-12(13)19-14(20)18-11-5-8(15)4-9(16)6-11/h2-7H,17H2,1H3,(H2,18,19,20). The quantitative estimate of drug-likeness (QED) is 0.739. The van der Waals surface area contributed by atoms with Gasteiger partial charge in [0.2, 0.25) is 0 Å². The number of carbonyl (C=O) groups excluding carboxylic acids is 1. The summed E-state index contributed by atoms with van der Waals surface area (Å²) in [5.41, 5.74) is 7.18. The van der Waals surface area contributed by atoms with E-state index < -0.39 is 6.03 Å². The van der Waals surface area contributed by atoms with Gasteiger partial charge in [-0.3, -0.25) is 0 Å². The average Bonchev–Trinajstić information content (AvgIpc) is 2.39. The van der Waals surface area contributed by atoms with E-state index in [9.17, 15) is 4.79 Å². The maximum Gasteiger partial charge on any atom is 0.323 e. The van der Waals surface area contributed by atoms with Crippen LogP contribution in [0.25, 0.3) is 0 Å². The number of nitrogen functional groups attached to an aromatic ring is 1. The number of rotatable bonds is 3. The Kier molecular flexibility index (Phi) is 4.77. The number of anilines is 3. The fourth-order valence-corrected chi connectivity index (χ4v) is 2.25. The Morgan fingerprint density at radius 2 is 1.76 bits per heavy atom. The van der Waals surface area contributed by atoms with Crippen LogP contribution >= 0.6 is 23.2 Å². The number of hydrogen-bond donors (Lipinski definition) is 3. The Balaban J connectivity index is 2.11. The van der Waals surface area contributed by atoms with Gasteiger partial charge >= 0.3 is 6.03 Å². The van der Waals surface area contributed by atoms with Crippen LogP contribution in [0.1, 0.15) is 0 Å². The molecule has 0 atom stereocenters. The molecule has 0 saturated heterocycles. The first-order chi connectivity index (χ1) is 9.97. The van der Waals surface area contributed by atoms with Crippen molar-refractivity contribution in [1.29, 1.82) is 0 Å². The lowest BCUT2D eigenvalue weighted by Gasteiger charge is -2.12. The summed E-state index contributed by atoms with van der Waals surface area (Å²) in [7, 11) is 1.49. The topological polar surface area (TPSA) is 76.4 Å². The number of halogens is 2. The van der Waals surface area contributed by atoms with E-state index in [-0.39, 0.29) is 0 Å². The first kappa shape index (κ1) is 15.3. The zero-order chi connectivity index (χ0) is 15.4. The highest BCUT2D eigenvalue weighted by Crippen LogP contribution is 2.27. The predicted molar refractivity (Wildman–Crippen MR) is 86.5 cm³/mol. The molecule has 2 aromatic rings. The van der Waals surface area contributed by atoms with Crippen LogP contribution < -0.4 is 21.1 Å². The highest BCUT2D eigenvalue weighted by molar-refractivity contribution is 6.35.